The summed E-state index contributed by atoms with van der Waals surface area (Å²) in [5, 5.41) is 4.03. The van der Waals surface area contributed by atoms with Gasteiger partial charge in [-0.15, -0.1) is 0 Å². The minimum absolute atomic E-state index is 0.251. The number of benzene rings is 2. The monoisotopic (exact) mass is 316 g/mol. The summed E-state index contributed by atoms with van der Waals surface area (Å²) in [6, 6.07) is 16.8. The van der Waals surface area contributed by atoms with Gasteiger partial charge in [0, 0.05) is 13.3 Å². The molecule has 0 saturated carbocycles. The highest BCUT2D eigenvalue weighted by Gasteiger charge is 2.18. The first kappa shape index (κ1) is 16.2. The molecule has 0 atom stereocenters. The van der Waals surface area contributed by atoms with Crippen molar-refractivity contribution in [3.8, 4) is 0 Å². The number of sulfonamides is 1. The van der Waals surface area contributed by atoms with Gasteiger partial charge >= 0.3 is 0 Å². The molecule has 0 unspecified atom stereocenters. The lowest BCUT2D eigenvalue weighted by Crippen LogP contribution is -2.21. The van der Waals surface area contributed by atoms with E-state index in [1.54, 1.807) is 30.5 Å². The molecule has 2 aromatic carbocycles. The smallest absolute Gasteiger partial charge is 0.200 e. The standard InChI is InChI=1S/C17H20N2O2S/c1-15-10-12-17(13-11-15)22(20,21)19(2)18-14-6-9-16-7-4-3-5-8-16/h3-5,7-8,10-14H,6,9H2,1-2H3/b18-14+. The van der Waals surface area contributed by atoms with Crippen molar-refractivity contribution < 1.29 is 8.42 Å². The number of aryl methyl sites for hydroxylation is 2. The van der Waals surface area contributed by atoms with Gasteiger partial charge in [0.2, 0.25) is 0 Å². The summed E-state index contributed by atoms with van der Waals surface area (Å²) >= 11 is 0. The summed E-state index contributed by atoms with van der Waals surface area (Å²) in [6.45, 7) is 1.92. The van der Waals surface area contributed by atoms with Gasteiger partial charge in [-0.25, -0.2) is 0 Å². The van der Waals surface area contributed by atoms with Crippen LogP contribution in [-0.4, -0.2) is 26.1 Å². The Labute approximate surface area is 132 Å². The highest BCUT2D eigenvalue weighted by molar-refractivity contribution is 7.89. The zero-order valence-corrected chi connectivity index (χ0v) is 13.6. The Bertz CT molecular complexity index is 723. The van der Waals surface area contributed by atoms with E-state index < -0.39 is 10.0 Å². The molecule has 0 radical (unpaired) electrons. The highest BCUT2D eigenvalue weighted by Crippen LogP contribution is 2.15. The van der Waals surface area contributed by atoms with Gasteiger partial charge in [0.25, 0.3) is 10.0 Å². The van der Waals surface area contributed by atoms with E-state index in [4.69, 9.17) is 0 Å². The van der Waals surface area contributed by atoms with E-state index >= 15 is 0 Å². The Morgan fingerprint density at radius 2 is 1.68 bits per heavy atom. The molecular weight excluding hydrogens is 296 g/mol. The van der Waals surface area contributed by atoms with Crippen LogP contribution in [-0.2, 0) is 16.4 Å². The number of rotatable bonds is 6. The Hall–Kier alpha value is -2.14. The lowest BCUT2D eigenvalue weighted by Gasteiger charge is -2.13. The Kier molecular flexibility index (Phi) is 5.33. The van der Waals surface area contributed by atoms with Gasteiger partial charge in [-0.05, 0) is 37.5 Å². The van der Waals surface area contributed by atoms with Crippen molar-refractivity contribution in [2.75, 3.05) is 7.05 Å². The van der Waals surface area contributed by atoms with Crippen molar-refractivity contribution in [2.45, 2.75) is 24.7 Å². The number of hydrazone groups is 1. The molecule has 0 fully saturated rings. The van der Waals surface area contributed by atoms with Gasteiger partial charge in [-0.2, -0.15) is 17.9 Å². The first-order valence-corrected chi connectivity index (χ1v) is 8.56. The molecule has 0 N–H and O–H groups in total. The maximum Gasteiger partial charge on any atom is 0.278 e. The third kappa shape index (κ3) is 4.18. The van der Waals surface area contributed by atoms with Crippen LogP contribution in [0.4, 0.5) is 0 Å². The SMILES string of the molecule is Cc1ccc(S(=O)(=O)N(C)/N=C/CCc2ccccc2)cc1. The normalized spacial score (nSPS) is 11.7. The fraction of sp³-hybridized carbons (Fsp3) is 0.235. The van der Waals surface area contributed by atoms with Crippen LogP contribution in [0, 0.1) is 6.92 Å². The Morgan fingerprint density at radius 1 is 1.05 bits per heavy atom. The zero-order valence-electron chi connectivity index (χ0n) is 12.8. The molecule has 0 amide bonds. The van der Waals surface area contributed by atoms with Crippen molar-refractivity contribution >= 4 is 16.2 Å². The minimum Gasteiger partial charge on any atom is -0.200 e. The molecule has 0 bridgehead atoms. The molecule has 4 nitrogen and oxygen atoms in total. The van der Waals surface area contributed by atoms with Gasteiger partial charge in [-0.1, -0.05) is 48.0 Å². The van der Waals surface area contributed by atoms with Gasteiger partial charge in [-0.3, -0.25) is 0 Å². The predicted molar refractivity (Wildman–Crippen MR) is 89.4 cm³/mol. The first-order valence-electron chi connectivity index (χ1n) is 7.12. The molecule has 2 rings (SSSR count). The summed E-state index contributed by atoms with van der Waals surface area (Å²) in [4.78, 5) is 0.251. The van der Waals surface area contributed by atoms with E-state index in [1.165, 1.54) is 12.6 Å². The second-order valence-corrected chi connectivity index (χ2v) is 7.02. The van der Waals surface area contributed by atoms with E-state index in [9.17, 15) is 8.42 Å². The van der Waals surface area contributed by atoms with Gasteiger partial charge < -0.3 is 0 Å². The summed E-state index contributed by atoms with van der Waals surface area (Å²) in [5.74, 6) is 0. The molecule has 2 aromatic rings. The molecule has 0 aliphatic rings. The quantitative estimate of drug-likeness (QED) is 0.607. The largest absolute Gasteiger partial charge is 0.278 e. The van der Waals surface area contributed by atoms with Crippen LogP contribution in [0.5, 0.6) is 0 Å². The molecular formula is C17H20N2O2S. The van der Waals surface area contributed by atoms with Gasteiger partial charge in [0.1, 0.15) is 0 Å². The summed E-state index contributed by atoms with van der Waals surface area (Å²) in [6.07, 6.45) is 3.17. The van der Waals surface area contributed by atoms with Crippen molar-refractivity contribution in [3.05, 3.63) is 65.7 Å². The molecule has 0 spiro atoms. The first-order chi connectivity index (χ1) is 10.5. The van der Waals surface area contributed by atoms with Gasteiger partial charge in [0.05, 0.1) is 4.90 Å². The Balaban J connectivity index is 1.97. The second kappa shape index (κ2) is 7.22. The third-order valence-corrected chi connectivity index (χ3v) is 4.97. The average Bonchev–Trinajstić information content (AvgIpc) is 2.52. The number of hydrogen-bond acceptors (Lipinski definition) is 3. The average molecular weight is 316 g/mol. The van der Waals surface area contributed by atoms with E-state index in [-0.39, 0.29) is 4.90 Å². The maximum atomic E-state index is 12.3. The molecule has 0 aromatic heterocycles. The summed E-state index contributed by atoms with van der Waals surface area (Å²) < 4.78 is 25.7. The minimum atomic E-state index is -3.57. The molecule has 5 heteroatoms. The lowest BCUT2D eigenvalue weighted by molar-refractivity contribution is 0.490. The Morgan fingerprint density at radius 3 is 2.32 bits per heavy atom. The molecule has 0 saturated heterocycles. The van der Waals surface area contributed by atoms with Crippen LogP contribution in [0.3, 0.4) is 0 Å². The fourth-order valence-corrected chi connectivity index (χ4v) is 2.95. The highest BCUT2D eigenvalue weighted by atomic mass is 32.2. The molecule has 0 aliphatic heterocycles. The number of hydrogen-bond donors (Lipinski definition) is 0. The van der Waals surface area contributed by atoms with E-state index in [1.807, 2.05) is 37.3 Å². The van der Waals surface area contributed by atoms with Crippen molar-refractivity contribution in [1.29, 1.82) is 0 Å². The van der Waals surface area contributed by atoms with Crippen LogP contribution in [0.25, 0.3) is 0 Å². The molecule has 116 valence electrons. The van der Waals surface area contributed by atoms with E-state index in [0.717, 1.165) is 16.4 Å². The predicted octanol–water partition coefficient (Wildman–Crippen LogP) is 3.23. The van der Waals surface area contributed by atoms with Crippen LogP contribution in [0.15, 0.2) is 64.6 Å². The molecule has 0 aliphatic carbocycles. The van der Waals surface area contributed by atoms with Crippen molar-refractivity contribution in [1.82, 2.24) is 4.41 Å². The molecule has 22 heavy (non-hydrogen) atoms. The van der Waals surface area contributed by atoms with Crippen LogP contribution in [0.1, 0.15) is 17.5 Å². The van der Waals surface area contributed by atoms with Gasteiger partial charge in [0.15, 0.2) is 0 Å². The third-order valence-electron chi connectivity index (χ3n) is 3.32. The summed E-state index contributed by atoms with van der Waals surface area (Å²) in [5.41, 5.74) is 2.23. The number of nitrogens with zero attached hydrogens (tertiary/aromatic N) is 2. The van der Waals surface area contributed by atoms with Crippen LogP contribution >= 0.6 is 0 Å². The van der Waals surface area contributed by atoms with Crippen LogP contribution < -0.4 is 0 Å². The lowest BCUT2D eigenvalue weighted by atomic mass is 10.1. The van der Waals surface area contributed by atoms with Crippen molar-refractivity contribution in [2.24, 2.45) is 5.10 Å². The molecule has 0 heterocycles. The van der Waals surface area contributed by atoms with Crippen molar-refractivity contribution in [3.63, 3.8) is 0 Å². The van der Waals surface area contributed by atoms with Crippen LogP contribution in [0.2, 0.25) is 0 Å². The zero-order chi connectivity index (χ0) is 16.0. The second-order valence-electron chi connectivity index (χ2n) is 5.07. The summed E-state index contributed by atoms with van der Waals surface area (Å²) in [7, 11) is -2.11. The van der Waals surface area contributed by atoms with E-state index in [0.29, 0.717) is 6.42 Å². The fourth-order valence-electron chi connectivity index (χ4n) is 1.97. The maximum absolute atomic E-state index is 12.3. The topological polar surface area (TPSA) is 49.7 Å². The van der Waals surface area contributed by atoms with E-state index in [2.05, 4.69) is 5.10 Å².